The average molecular weight is 303 g/mol. The highest BCUT2D eigenvalue weighted by Crippen LogP contribution is 2.39. The lowest BCUT2D eigenvalue weighted by atomic mass is 9.78. The Morgan fingerprint density at radius 3 is 2.53 bits per heavy atom. The van der Waals surface area contributed by atoms with Crippen LogP contribution in [-0.2, 0) is 0 Å². The molecule has 1 unspecified atom stereocenters. The lowest BCUT2D eigenvalue weighted by Gasteiger charge is -2.36. The Morgan fingerprint density at radius 1 is 1.24 bits per heavy atom. The number of halogens is 2. The monoisotopic (exact) mass is 302 g/mol. The van der Waals surface area contributed by atoms with E-state index >= 15 is 0 Å². The van der Waals surface area contributed by atoms with Gasteiger partial charge in [0.05, 0.1) is 5.60 Å². The van der Waals surface area contributed by atoms with Gasteiger partial charge in [-0.05, 0) is 31.0 Å². The molecule has 0 saturated heterocycles. The van der Waals surface area contributed by atoms with Crippen LogP contribution in [0.3, 0.4) is 0 Å². The first kappa shape index (κ1) is 13.0. The molecule has 1 fully saturated rings. The number of aliphatic hydroxyl groups excluding tert-OH is 1. The van der Waals surface area contributed by atoms with Gasteiger partial charge in [0.2, 0.25) is 0 Å². The highest BCUT2D eigenvalue weighted by atomic mass is 79.9. The summed E-state index contributed by atoms with van der Waals surface area (Å²) in [6.45, 7) is 0. The zero-order valence-electron chi connectivity index (χ0n) is 9.50. The van der Waals surface area contributed by atoms with E-state index in [-0.39, 0.29) is 5.56 Å². The number of benzene rings is 1. The molecule has 2 rings (SSSR count). The van der Waals surface area contributed by atoms with Gasteiger partial charge in [0.1, 0.15) is 11.9 Å². The molecule has 1 aromatic carbocycles. The topological polar surface area (TPSA) is 40.5 Å². The second kappa shape index (κ2) is 5.04. The molecule has 1 aliphatic carbocycles. The summed E-state index contributed by atoms with van der Waals surface area (Å²) >= 11 is 3.25. The van der Waals surface area contributed by atoms with Crippen molar-refractivity contribution < 1.29 is 14.6 Å². The summed E-state index contributed by atoms with van der Waals surface area (Å²) in [7, 11) is 0. The number of hydrogen-bond donors (Lipinski definition) is 2. The van der Waals surface area contributed by atoms with Gasteiger partial charge < -0.3 is 10.2 Å². The second-order valence-electron chi connectivity index (χ2n) is 4.73. The van der Waals surface area contributed by atoms with Crippen LogP contribution in [0.1, 0.15) is 43.8 Å². The first-order chi connectivity index (χ1) is 8.03. The van der Waals surface area contributed by atoms with Crippen LogP contribution in [0.15, 0.2) is 22.7 Å². The summed E-state index contributed by atoms with van der Waals surface area (Å²) in [5.41, 5.74) is -1.01. The van der Waals surface area contributed by atoms with Crippen LogP contribution in [0, 0.1) is 5.82 Å². The Labute approximate surface area is 109 Å². The minimum absolute atomic E-state index is 0.170. The molecule has 4 heteroatoms. The van der Waals surface area contributed by atoms with Crippen molar-refractivity contribution in [3.63, 3.8) is 0 Å². The van der Waals surface area contributed by atoms with E-state index in [4.69, 9.17) is 0 Å². The minimum atomic E-state index is -1.18. The summed E-state index contributed by atoms with van der Waals surface area (Å²) in [5.74, 6) is -0.473. The van der Waals surface area contributed by atoms with Crippen molar-refractivity contribution in [2.45, 2.75) is 43.8 Å². The van der Waals surface area contributed by atoms with Gasteiger partial charge in [-0.2, -0.15) is 0 Å². The molecule has 1 aromatic rings. The van der Waals surface area contributed by atoms with Gasteiger partial charge in [-0.3, -0.25) is 0 Å². The normalized spacial score (nSPS) is 21.2. The molecular weight excluding hydrogens is 287 g/mol. The second-order valence-corrected chi connectivity index (χ2v) is 5.65. The third kappa shape index (κ3) is 2.69. The highest BCUT2D eigenvalue weighted by Gasteiger charge is 2.38. The molecule has 2 N–H and O–H groups in total. The molecule has 0 radical (unpaired) electrons. The first-order valence-electron chi connectivity index (χ1n) is 5.88. The maximum absolute atomic E-state index is 13.7. The Bertz CT molecular complexity index is 402. The quantitative estimate of drug-likeness (QED) is 0.880. The molecule has 0 aromatic heterocycles. The highest BCUT2D eigenvalue weighted by molar-refractivity contribution is 9.10. The molecule has 1 saturated carbocycles. The SMILES string of the molecule is OC(c1cc(Br)ccc1F)C1(O)CCCCC1. The molecule has 0 amide bonds. The van der Waals surface area contributed by atoms with Crippen LogP contribution in [-0.4, -0.2) is 15.8 Å². The Morgan fingerprint density at radius 2 is 1.88 bits per heavy atom. The van der Waals surface area contributed by atoms with E-state index in [1.165, 1.54) is 12.1 Å². The molecule has 0 heterocycles. The van der Waals surface area contributed by atoms with Crippen molar-refractivity contribution in [1.82, 2.24) is 0 Å². The van der Waals surface area contributed by atoms with Gasteiger partial charge in [-0.25, -0.2) is 4.39 Å². The molecular formula is C13H16BrFO2. The third-order valence-electron chi connectivity index (χ3n) is 3.48. The van der Waals surface area contributed by atoms with Gasteiger partial charge in [0.15, 0.2) is 0 Å². The third-order valence-corrected chi connectivity index (χ3v) is 3.97. The summed E-state index contributed by atoms with van der Waals surface area (Å²) in [5, 5.41) is 20.6. The van der Waals surface area contributed by atoms with E-state index in [0.717, 1.165) is 19.3 Å². The molecule has 17 heavy (non-hydrogen) atoms. The maximum atomic E-state index is 13.7. The predicted octanol–water partition coefficient (Wildman–Crippen LogP) is 3.32. The van der Waals surface area contributed by atoms with Crippen molar-refractivity contribution in [1.29, 1.82) is 0 Å². The van der Waals surface area contributed by atoms with Crippen molar-refractivity contribution in [3.05, 3.63) is 34.1 Å². The van der Waals surface area contributed by atoms with Gasteiger partial charge in [-0.1, -0.05) is 35.2 Å². The van der Waals surface area contributed by atoms with E-state index in [9.17, 15) is 14.6 Å². The van der Waals surface area contributed by atoms with Gasteiger partial charge in [0, 0.05) is 10.0 Å². The van der Waals surface area contributed by atoms with E-state index in [1.54, 1.807) is 6.07 Å². The largest absolute Gasteiger partial charge is 0.387 e. The average Bonchev–Trinajstić information content (AvgIpc) is 2.32. The van der Waals surface area contributed by atoms with Crippen molar-refractivity contribution in [3.8, 4) is 0 Å². The molecule has 0 bridgehead atoms. The van der Waals surface area contributed by atoms with Crippen LogP contribution < -0.4 is 0 Å². The van der Waals surface area contributed by atoms with Crippen molar-refractivity contribution in [2.24, 2.45) is 0 Å². The molecule has 0 spiro atoms. The standard InChI is InChI=1S/C13H16BrFO2/c14-9-4-5-11(15)10(8-9)12(16)13(17)6-2-1-3-7-13/h4-5,8,12,16-17H,1-3,6-7H2. The fraction of sp³-hybridized carbons (Fsp3) is 0.538. The lowest BCUT2D eigenvalue weighted by Crippen LogP contribution is -2.38. The Kier molecular flexibility index (Phi) is 3.85. The van der Waals surface area contributed by atoms with E-state index < -0.39 is 17.5 Å². The zero-order chi connectivity index (χ0) is 12.5. The van der Waals surface area contributed by atoms with E-state index in [0.29, 0.717) is 17.3 Å². The van der Waals surface area contributed by atoms with Crippen LogP contribution in [0.5, 0.6) is 0 Å². The summed E-state index contributed by atoms with van der Waals surface area (Å²) in [4.78, 5) is 0. The number of rotatable bonds is 2. The summed E-state index contributed by atoms with van der Waals surface area (Å²) in [6.07, 6.45) is 2.73. The molecule has 1 aliphatic rings. The van der Waals surface area contributed by atoms with Crippen molar-refractivity contribution in [2.75, 3.05) is 0 Å². The Balaban J connectivity index is 2.29. The van der Waals surface area contributed by atoms with Crippen LogP contribution in [0.25, 0.3) is 0 Å². The summed E-state index contributed by atoms with van der Waals surface area (Å²) < 4.78 is 14.4. The van der Waals surface area contributed by atoms with Gasteiger partial charge >= 0.3 is 0 Å². The van der Waals surface area contributed by atoms with Gasteiger partial charge in [-0.15, -0.1) is 0 Å². The van der Waals surface area contributed by atoms with Crippen LogP contribution >= 0.6 is 15.9 Å². The van der Waals surface area contributed by atoms with Crippen molar-refractivity contribution >= 4 is 15.9 Å². The molecule has 2 nitrogen and oxygen atoms in total. The van der Waals surface area contributed by atoms with E-state index in [2.05, 4.69) is 15.9 Å². The molecule has 0 aliphatic heterocycles. The number of hydrogen-bond acceptors (Lipinski definition) is 2. The van der Waals surface area contributed by atoms with Crippen LogP contribution in [0.4, 0.5) is 4.39 Å². The molecule has 94 valence electrons. The first-order valence-corrected chi connectivity index (χ1v) is 6.68. The summed E-state index contributed by atoms with van der Waals surface area (Å²) in [6, 6.07) is 4.41. The maximum Gasteiger partial charge on any atom is 0.129 e. The van der Waals surface area contributed by atoms with Gasteiger partial charge in [0.25, 0.3) is 0 Å². The minimum Gasteiger partial charge on any atom is -0.387 e. The van der Waals surface area contributed by atoms with Crippen LogP contribution in [0.2, 0.25) is 0 Å². The number of aliphatic hydroxyl groups is 2. The predicted molar refractivity (Wildman–Crippen MR) is 67.1 cm³/mol. The lowest BCUT2D eigenvalue weighted by molar-refractivity contribution is -0.100. The fourth-order valence-electron chi connectivity index (χ4n) is 2.45. The smallest absolute Gasteiger partial charge is 0.129 e. The van der Waals surface area contributed by atoms with E-state index in [1.807, 2.05) is 0 Å². The Hall–Kier alpha value is -0.450. The zero-order valence-corrected chi connectivity index (χ0v) is 11.1. The molecule has 1 atom stereocenters. The fourth-order valence-corrected chi connectivity index (χ4v) is 2.83.